The molecule has 5 rings (SSSR count). The Bertz CT molecular complexity index is 1120. The monoisotopic (exact) mass is 402 g/mol. The average Bonchev–Trinajstić information content (AvgIpc) is 3.26. The first-order valence-corrected chi connectivity index (χ1v) is 10.7. The molecule has 3 aromatic rings. The largest absolute Gasteiger partial charge is 0.486 e. The second-order valence-electron chi connectivity index (χ2n) is 8.14. The maximum Gasteiger partial charge on any atom is 0.227 e. The molecule has 0 bridgehead atoms. The first-order chi connectivity index (χ1) is 14.6. The number of hydrogen-bond donors (Lipinski definition) is 0. The molecule has 1 saturated heterocycles. The fraction of sp³-hybridized carbons (Fsp3) is 0.360. The van der Waals surface area contributed by atoms with Crippen LogP contribution >= 0.6 is 0 Å². The molecular weight excluding hydrogens is 376 g/mol. The summed E-state index contributed by atoms with van der Waals surface area (Å²) in [5, 5.41) is 1.12. The van der Waals surface area contributed by atoms with Crippen molar-refractivity contribution in [2.24, 2.45) is 0 Å². The summed E-state index contributed by atoms with van der Waals surface area (Å²) in [7, 11) is 0. The number of carbonyl (C=O) groups is 1. The molecule has 0 saturated carbocycles. The molecule has 5 heteroatoms. The third-order valence-electron chi connectivity index (χ3n) is 6.34. The van der Waals surface area contributed by atoms with Gasteiger partial charge in [-0.3, -0.25) is 9.78 Å². The number of para-hydroxylation sites is 1. The summed E-state index contributed by atoms with van der Waals surface area (Å²) in [6.07, 6.45) is 2.37. The summed E-state index contributed by atoms with van der Waals surface area (Å²) in [5.74, 6) is 1.73. The SMILES string of the molecule is Cc1nc2ccccc2c(C)c1CC(=O)N1CCC[C@H]1c1ccc2c(c1)OCCO2. The minimum Gasteiger partial charge on any atom is -0.486 e. The molecular formula is C25H26N2O3. The Morgan fingerprint density at radius 3 is 2.77 bits per heavy atom. The molecule has 2 aliphatic heterocycles. The van der Waals surface area contributed by atoms with Crippen molar-refractivity contribution in [3.05, 3.63) is 64.8 Å². The molecule has 5 nitrogen and oxygen atoms in total. The normalized spacial score (nSPS) is 18.1. The fourth-order valence-corrected chi connectivity index (χ4v) is 4.76. The van der Waals surface area contributed by atoms with Gasteiger partial charge >= 0.3 is 0 Å². The number of fused-ring (bicyclic) bond motifs is 2. The van der Waals surface area contributed by atoms with Gasteiger partial charge in [0.2, 0.25) is 5.91 Å². The predicted octanol–water partition coefficient (Wildman–Crippen LogP) is 4.53. The van der Waals surface area contributed by atoms with Crippen LogP contribution in [-0.2, 0) is 11.2 Å². The van der Waals surface area contributed by atoms with E-state index >= 15 is 0 Å². The molecule has 0 unspecified atom stereocenters. The van der Waals surface area contributed by atoms with Crippen LogP contribution in [0.3, 0.4) is 0 Å². The minimum atomic E-state index is 0.0855. The van der Waals surface area contributed by atoms with Crippen LogP contribution in [-0.4, -0.2) is 35.5 Å². The standard InChI is InChI=1S/C25H26N2O3/c1-16-19-6-3-4-7-21(19)26-17(2)20(16)15-25(28)27-11-5-8-22(27)18-9-10-23-24(14-18)30-13-12-29-23/h3-4,6-7,9-10,14,22H,5,8,11-13,15H2,1-2H3/t22-/m0/s1. The van der Waals surface area contributed by atoms with Crippen molar-refractivity contribution in [1.29, 1.82) is 0 Å². The average molecular weight is 402 g/mol. The fourth-order valence-electron chi connectivity index (χ4n) is 4.76. The summed E-state index contributed by atoms with van der Waals surface area (Å²) in [5.41, 5.74) is 5.25. The van der Waals surface area contributed by atoms with Crippen molar-refractivity contribution < 1.29 is 14.3 Å². The van der Waals surface area contributed by atoms with E-state index in [1.54, 1.807) is 0 Å². The number of nitrogens with zero attached hydrogens (tertiary/aromatic N) is 2. The van der Waals surface area contributed by atoms with E-state index in [-0.39, 0.29) is 11.9 Å². The summed E-state index contributed by atoms with van der Waals surface area (Å²) in [6.45, 7) is 6.04. The lowest BCUT2D eigenvalue weighted by molar-refractivity contribution is -0.131. The van der Waals surface area contributed by atoms with Gasteiger partial charge < -0.3 is 14.4 Å². The van der Waals surface area contributed by atoms with Crippen molar-refractivity contribution in [2.75, 3.05) is 19.8 Å². The van der Waals surface area contributed by atoms with Crippen molar-refractivity contribution in [3.8, 4) is 11.5 Å². The van der Waals surface area contributed by atoms with Gasteiger partial charge in [0.1, 0.15) is 13.2 Å². The zero-order valence-corrected chi connectivity index (χ0v) is 17.5. The van der Waals surface area contributed by atoms with Crippen molar-refractivity contribution in [3.63, 3.8) is 0 Å². The van der Waals surface area contributed by atoms with E-state index in [0.29, 0.717) is 19.6 Å². The molecule has 0 spiro atoms. The van der Waals surface area contributed by atoms with Gasteiger partial charge in [-0.05, 0) is 61.6 Å². The van der Waals surface area contributed by atoms with Crippen molar-refractivity contribution in [2.45, 2.75) is 39.2 Å². The Morgan fingerprint density at radius 1 is 1.10 bits per heavy atom. The van der Waals surface area contributed by atoms with Gasteiger partial charge in [-0.15, -0.1) is 0 Å². The Morgan fingerprint density at radius 2 is 1.90 bits per heavy atom. The first kappa shape index (κ1) is 18.9. The summed E-state index contributed by atoms with van der Waals surface area (Å²) in [4.78, 5) is 20.1. The van der Waals surface area contributed by atoms with E-state index < -0.39 is 0 Å². The third kappa shape index (κ3) is 3.28. The number of carbonyl (C=O) groups excluding carboxylic acids is 1. The number of hydrogen-bond acceptors (Lipinski definition) is 4. The molecule has 1 atom stereocenters. The van der Waals surface area contributed by atoms with Crippen LogP contribution < -0.4 is 9.47 Å². The maximum absolute atomic E-state index is 13.4. The van der Waals surface area contributed by atoms with Crippen LogP contribution in [0.1, 0.15) is 41.3 Å². The second-order valence-corrected chi connectivity index (χ2v) is 8.14. The maximum atomic E-state index is 13.4. The number of rotatable bonds is 3. The minimum absolute atomic E-state index is 0.0855. The van der Waals surface area contributed by atoms with Gasteiger partial charge in [0.15, 0.2) is 11.5 Å². The van der Waals surface area contributed by atoms with Gasteiger partial charge in [-0.2, -0.15) is 0 Å². The summed E-state index contributed by atoms with van der Waals surface area (Å²) in [6, 6.07) is 14.3. The van der Waals surface area contributed by atoms with Gasteiger partial charge in [0.05, 0.1) is 18.0 Å². The third-order valence-corrected chi connectivity index (χ3v) is 6.34. The number of aryl methyl sites for hydroxylation is 2. The van der Waals surface area contributed by atoms with Gasteiger partial charge in [0.25, 0.3) is 0 Å². The van der Waals surface area contributed by atoms with E-state index in [1.165, 1.54) is 0 Å². The highest BCUT2D eigenvalue weighted by Gasteiger charge is 2.31. The second kappa shape index (κ2) is 7.63. The predicted molar refractivity (Wildman–Crippen MR) is 116 cm³/mol. The Balaban J connectivity index is 1.42. The van der Waals surface area contributed by atoms with E-state index in [9.17, 15) is 4.79 Å². The highest BCUT2D eigenvalue weighted by Crippen LogP contribution is 2.38. The van der Waals surface area contributed by atoms with E-state index in [4.69, 9.17) is 14.5 Å². The van der Waals surface area contributed by atoms with E-state index in [1.807, 2.05) is 42.2 Å². The molecule has 30 heavy (non-hydrogen) atoms. The van der Waals surface area contributed by atoms with Crippen molar-refractivity contribution in [1.82, 2.24) is 9.88 Å². The lowest BCUT2D eigenvalue weighted by Crippen LogP contribution is -2.32. The molecule has 154 valence electrons. The topological polar surface area (TPSA) is 51.7 Å². The van der Waals surface area contributed by atoms with Crippen LogP contribution in [0.15, 0.2) is 42.5 Å². The number of benzene rings is 2. The molecule has 3 heterocycles. The van der Waals surface area contributed by atoms with Gasteiger partial charge in [-0.25, -0.2) is 0 Å². The summed E-state index contributed by atoms with van der Waals surface area (Å²) < 4.78 is 11.4. The smallest absolute Gasteiger partial charge is 0.227 e. The lowest BCUT2D eigenvalue weighted by atomic mass is 9.98. The highest BCUT2D eigenvalue weighted by atomic mass is 16.6. The first-order valence-electron chi connectivity index (χ1n) is 10.7. The lowest BCUT2D eigenvalue weighted by Gasteiger charge is -2.27. The van der Waals surface area contributed by atoms with Crippen LogP contribution in [0, 0.1) is 13.8 Å². The molecule has 0 N–H and O–H groups in total. The molecule has 2 aromatic carbocycles. The van der Waals surface area contributed by atoms with E-state index in [2.05, 4.69) is 19.1 Å². The van der Waals surface area contributed by atoms with Crippen LogP contribution in [0.4, 0.5) is 0 Å². The number of ether oxygens (including phenoxy) is 2. The van der Waals surface area contributed by atoms with Gasteiger partial charge in [0, 0.05) is 17.6 Å². The zero-order valence-electron chi connectivity index (χ0n) is 17.5. The number of aromatic nitrogens is 1. The highest BCUT2D eigenvalue weighted by molar-refractivity contribution is 5.86. The van der Waals surface area contributed by atoms with Crippen LogP contribution in [0.25, 0.3) is 10.9 Å². The molecule has 1 fully saturated rings. The number of likely N-dealkylation sites (tertiary alicyclic amines) is 1. The summed E-state index contributed by atoms with van der Waals surface area (Å²) >= 11 is 0. The molecule has 1 aromatic heterocycles. The van der Waals surface area contributed by atoms with Crippen molar-refractivity contribution >= 4 is 16.8 Å². The number of pyridine rings is 1. The van der Waals surface area contributed by atoms with Crippen LogP contribution in [0.5, 0.6) is 11.5 Å². The number of amides is 1. The molecule has 0 aliphatic carbocycles. The molecule has 1 amide bonds. The van der Waals surface area contributed by atoms with Crippen LogP contribution in [0.2, 0.25) is 0 Å². The van der Waals surface area contributed by atoms with Gasteiger partial charge in [-0.1, -0.05) is 24.3 Å². The zero-order chi connectivity index (χ0) is 20.7. The Labute approximate surface area is 176 Å². The quantitative estimate of drug-likeness (QED) is 0.646. The molecule has 2 aliphatic rings. The Hall–Kier alpha value is -3.08. The Kier molecular flexibility index (Phi) is 4.81. The van der Waals surface area contributed by atoms with E-state index in [0.717, 1.165) is 64.2 Å². The molecule has 0 radical (unpaired) electrons.